The number of ketones is 1. The van der Waals surface area contributed by atoms with Crippen LogP contribution in [0, 0.1) is 5.92 Å². The summed E-state index contributed by atoms with van der Waals surface area (Å²) in [5, 5.41) is 0. The smallest absolute Gasteiger partial charge is 0.158 e. The predicted octanol–water partition coefficient (Wildman–Crippen LogP) is 2.50. The molecule has 1 atom stereocenters. The van der Waals surface area contributed by atoms with Gasteiger partial charge in [0.1, 0.15) is 0 Å². The highest BCUT2D eigenvalue weighted by Crippen LogP contribution is 2.37. The lowest BCUT2D eigenvalue weighted by Crippen LogP contribution is -2.45. The fourth-order valence-corrected chi connectivity index (χ4v) is 2.73. The summed E-state index contributed by atoms with van der Waals surface area (Å²) in [6, 6.07) is 0. The first-order chi connectivity index (χ1) is 8.26. The van der Waals surface area contributed by atoms with Gasteiger partial charge in [0.2, 0.25) is 0 Å². The number of allylic oxidation sites excluding steroid dienone is 2. The molecule has 0 N–H and O–H groups in total. The molecule has 2 aliphatic rings. The van der Waals surface area contributed by atoms with E-state index in [0.717, 1.165) is 51.9 Å². The van der Waals surface area contributed by atoms with Crippen LogP contribution in [0.3, 0.4) is 0 Å². The maximum Gasteiger partial charge on any atom is 0.158 e. The first-order valence-corrected chi connectivity index (χ1v) is 6.68. The van der Waals surface area contributed by atoms with E-state index in [4.69, 9.17) is 9.47 Å². The monoisotopic (exact) mass is 238 g/mol. The fraction of sp³-hybridized carbons (Fsp3) is 0.786. The largest absolute Gasteiger partial charge is 0.381 e. The van der Waals surface area contributed by atoms with E-state index in [2.05, 4.69) is 0 Å². The lowest BCUT2D eigenvalue weighted by atomic mass is 9.79. The van der Waals surface area contributed by atoms with E-state index in [0.29, 0.717) is 0 Å². The Kier molecular flexibility index (Phi) is 4.35. The Morgan fingerprint density at radius 3 is 2.82 bits per heavy atom. The van der Waals surface area contributed by atoms with Crippen LogP contribution in [0.1, 0.15) is 39.0 Å². The Bertz CT molecular complexity index is 284. The SMILES string of the molecule is CC/C=C/C(=O)C1CCOC2(CCOCC2)C1. The van der Waals surface area contributed by atoms with Crippen LogP contribution in [0.4, 0.5) is 0 Å². The first kappa shape index (κ1) is 12.8. The van der Waals surface area contributed by atoms with Crippen molar-refractivity contribution in [2.24, 2.45) is 5.92 Å². The van der Waals surface area contributed by atoms with Crippen molar-refractivity contribution in [3.05, 3.63) is 12.2 Å². The normalized spacial score (nSPS) is 28.6. The van der Waals surface area contributed by atoms with Gasteiger partial charge in [0.05, 0.1) is 5.60 Å². The minimum absolute atomic E-state index is 0.0725. The molecule has 2 rings (SSSR count). The zero-order valence-electron chi connectivity index (χ0n) is 10.6. The average molecular weight is 238 g/mol. The predicted molar refractivity (Wildman–Crippen MR) is 65.9 cm³/mol. The standard InChI is InChI=1S/C14H22O3/c1-2-3-4-13(15)12-5-8-17-14(11-12)6-9-16-10-7-14/h3-4,12H,2,5-11H2,1H3/b4-3+. The lowest BCUT2D eigenvalue weighted by molar-refractivity contribution is -0.154. The van der Waals surface area contributed by atoms with E-state index in [-0.39, 0.29) is 17.3 Å². The van der Waals surface area contributed by atoms with Crippen molar-refractivity contribution >= 4 is 5.78 Å². The second-order valence-electron chi connectivity index (χ2n) is 5.05. The van der Waals surface area contributed by atoms with Crippen LogP contribution in [-0.2, 0) is 14.3 Å². The van der Waals surface area contributed by atoms with E-state index in [1.807, 2.05) is 13.0 Å². The fourth-order valence-electron chi connectivity index (χ4n) is 2.73. The van der Waals surface area contributed by atoms with E-state index >= 15 is 0 Å². The summed E-state index contributed by atoms with van der Waals surface area (Å²) in [7, 11) is 0. The third-order valence-electron chi connectivity index (χ3n) is 3.82. The van der Waals surface area contributed by atoms with Crippen LogP contribution in [-0.4, -0.2) is 31.2 Å². The Morgan fingerprint density at radius 1 is 1.35 bits per heavy atom. The molecule has 3 nitrogen and oxygen atoms in total. The summed E-state index contributed by atoms with van der Waals surface area (Å²) in [5.74, 6) is 0.436. The molecule has 17 heavy (non-hydrogen) atoms. The van der Waals surface area contributed by atoms with Crippen LogP contribution in [0.5, 0.6) is 0 Å². The van der Waals surface area contributed by atoms with Gasteiger partial charge in [-0.1, -0.05) is 13.0 Å². The van der Waals surface area contributed by atoms with E-state index in [1.165, 1.54) is 0 Å². The second kappa shape index (κ2) is 5.78. The molecule has 2 aliphatic heterocycles. The van der Waals surface area contributed by atoms with Crippen molar-refractivity contribution in [2.45, 2.75) is 44.6 Å². The van der Waals surface area contributed by atoms with Gasteiger partial charge in [0.15, 0.2) is 5.78 Å². The molecule has 0 aromatic carbocycles. The minimum atomic E-state index is -0.0725. The van der Waals surface area contributed by atoms with Gasteiger partial charge in [-0.25, -0.2) is 0 Å². The highest BCUT2D eigenvalue weighted by Gasteiger charge is 2.40. The van der Waals surface area contributed by atoms with Gasteiger partial charge in [-0.05, 0) is 38.2 Å². The van der Waals surface area contributed by atoms with Crippen molar-refractivity contribution in [1.29, 1.82) is 0 Å². The molecule has 0 amide bonds. The van der Waals surface area contributed by atoms with Crippen LogP contribution in [0.15, 0.2) is 12.2 Å². The maximum atomic E-state index is 12.0. The van der Waals surface area contributed by atoms with Gasteiger partial charge in [-0.3, -0.25) is 4.79 Å². The lowest BCUT2D eigenvalue weighted by Gasteiger charge is -2.42. The number of carbonyl (C=O) groups is 1. The molecular formula is C14H22O3. The molecular weight excluding hydrogens is 216 g/mol. The molecule has 2 heterocycles. The molecule has 0 saturated carbocycles. The van der Waals surface area contributed by atoms with E-state index < -0.39 is 0 Å². The molecule has 1 unspecified atom stereocenters. The summed E-state index contributed by atoms with van der Waals surface area (Å²) in [5.41, 5.74) is -0.0725. The topological polar surface area (TPSA) is 35.5 Å². The molecule has 0 bridgehead atoms. The molecule has 96 valence electrons. The van der Waals surface area contributed by atoms with Crippen molar-refractivity contribution in [1.82, 2.24) is 0 Å². The Morgan fingerprint density at radius 2 is 2.12 bits per heavy atom. The van der Waals surface area contributed by atoms with Crippen LogP contribution in [0.2, 0.25) is 0 Å². The minimum Gasteiger partial charge on any atom is -0.381 e. The van der Waals surface area contributed by atoms with E-state index in [1.54, 1.807) is 6.08 Å². The van der Waals surface area contributed by atoms with Crippen molar-refractivity contribution in [3.8, 4) is 0 Å². The van der Waals surface area contributed by atoms with Gasteiger partial charge in [0.25, 0.3) is 0 Å². The van der Waals surface area contributed by atoms with Crippen LogP contribution >= 0.6 is 0 Å². The number of hydrogen-bond donors (Lipinski definition) is 0. The van der Waals surface area contributed by atoms with Crippen LogP contribution in [0.25, 0.3) is 0 Å². The first-order valence-electron chi connectivity index (χ1n) is 6.68. The summed E-state index contributed by atoms with van der Waals surface area (Å²) < 4.78 is 11.3. The number of carbonyl (C=O) groups excluding carboxylic acids is 1. The zero-order valence-corrected chi connectivity index (χ0v) is 10.6. The van der Waals surface area contributed by atoms with E-state index in [9.17, 15) is 4.79 Å². The molecule has 0 aliphatic carbocycles. The quantitative estimate of drug-likeness (QED) is 0.709. The van der Waals surface area contributed by atoms with Gasteiger partial charge >= 0.3 is 0 Å². The van der Waals surface area contributed by atoms with Gasteiger partial charge < -0.3 is 9.47 Å². The van der Waals surface area contributed by atoms with Gasteiger partial charge in [-0.15, -0.1) is 0 Å². The summed E-state index contributed by atoms with van der Waals surface area (Å²) >= 11 is 0. The third kappa shape index (κ3) is 3.17. The molecule has 0 aromatic rings. The maximum absolute atomic E-state index is 12.0. The summed E-state index contributed by atoms with van der Waals surface area (Å²) in [6.07, 6.45) is 8.26. The highest BCUT2D eigenvalue weighted by atomic mass is 16.5. The average Bonchev–Trinajstić information content (AvgIpc) is 2.37. The molecule has 2 fully saturated rings. The summed E-state index contributed by atoms with van der Waals surface area (Å²) in [6.45, 7) is 4.31. The Hall–Kier alpha value is -0.670. The molecule has 2 saturated heterocycles. The number of ether oxygens (including phenoxy) is 2. The van der Waals surface area contributed by atoms with Gasteiger partial charge in [0, 0.05) is 25.7 Å². The van der Waals surface area contributed by atoms with Crippen molar-refractivity contribution < 1.29 is 14.3 Å². The molecule has 1 spiro atoms. The van der Waals surface area contributed by atoms with Crippen molar-refractivity contribution in [2.75, 3.05) is 19.8 Å². The Balaban J connectivity index is 1.96. The molecule has 3 heteroatoms. The molecule has 0 aromatic heterocycles. The molecule has 0 radical (unpaired) electrons. The van der Waals surface area contributed by atoms with Gasteiger partial charge in [-0.2, -0.15) is 0 Å². The highest BCUT2D eigenvalue weighted by molar-refractivity contribution is 5.91. The number of hydrogen-bond acceptors (Lipinski definition) is 3. The summed E-state index contributed by atoms with van der Waals surface area (Å²) in [4.78, 5) is 12.0. The zero-order chi connectivity index (χ0) is 12.1. The van der Waals surface area contributed by atoms with Crippen molar-refractivity contribution in [3.63, 3.8) is 0 Å². The third-order valence-corrected chi connectivity index (χ3v) is 3.82. The number of rotatable bonds is 3. The van der Waals surface area contributed by atoms with Crippen LogP contribution < -0.4 is 0 Å². The second-order valence-corrected chi connectivity index (χ2v) is 5.05. The Labute approximate surface area is 103 Å².